The summed E-state index contributed by atoms with van der Waals surface area (Å²) in [5.74, 6) is -0.0380. The Morgan fingerprint density at radius 2 is 1.23 bits per heavy atom. The first-order valence-corrected chi connectivity index (χ1v) is 13.4. The van der Waals surface area contributed by atoms with E-state index in [1.807, 2.05) is 0 Å². The maximum atomic E-state index is 10.9. The topological polar surface area (TPSA) is 87.0 Å². The number of aliphatic hydroxyl groups is 2. The van der Waals surface area contributed by atoms with Gasteiger partial charge in [0.2, 0.25) is 0 Å². The Bertz CT molecular complexity index is 368. The average molecular weight is 449 g/mol. The second-order valence-electron chi connectivity index (χ2n) is 8.37. The zero-order valence-corrected chi connectivity index (χ0v) is 20.2. The predicted octanol–water partition coefficient (Wildman–Crippen LogP) is 6.15. The predicted molar refractivity (Wildman–Crippen MR) is 127 cm³/mol. The monoisotopic (exact) mass is 448 g/mol. The summed E-state index contributed by atoms with van der Waals surface area (Å²) >= 11 is 1.49. The van der Waals surface area contributed by atoms with Crippen molar-refractivity contribution in [3.8, 4) is 0 Å². The fourth-order valence-electron chi connectivity index (χ4n) is 3.44. The van der Waals surface area contributed by atoms with E-state index in [2.05, 4.69) is 6.92 Å². The molecule has 0 aliphatic heterocycles. The molecule has 0 aromatic rings. The zero-order valence-electron chi connectivity index (χ0n) is 19.4. The molecular formula is C24H48O5S. The number of rotatable bonds is 24. The summed E-state index contributed by atoms with van der Waals surface area (Å²) in [7, 11) is 0. The summed E-state index contributed by atoms with van der Waals surface area (Å²) in [4.78, 5) is 10.9. The summed E-state index contributed by atoms with van der Waals surface area (Å²) in [6, 6.07) is 0. The van der Waals surface area contributed by atoms with Crippen LogP contribution in [0.1, 0.15) is 116 Å². The van der Waals surface area contributed by atoms with Gasteiger partial charge in [0.25, 0.3) is 0 Å². The fourth-order valence-corrected chi connectivity index (χ4v) is 4.51. The summed E-state index contributed by atoms with van der Waals surface area (Å²) in [5, 5.41) is 27.1. The summed E-state index contributed by atoms with van der Waals surface area (Å²) in [5.41, 5.74) is -0.458. The second kappa shape index (κ2) is 23.4. The number of hydrogen-bond donors (Lipinski definition) is 3. The van der Waals surface area contributed by atoms with Gasteiger partial charge in [0, 0.05) is 0 Å². The number of ether oxygens (including phenoxy) is 1. The lowest BCUT2D eigenvalue weighted by Gasteiger charge is -2.17. The van der Waals surface area contributed by atoms with Gasteiger partial charge < -0.3 is 20.1 Å². The van der Waals surface area contributed by atoms with Gasteiger partial charge in [-0.25, -0.2) is 0 Å². The third-order valence-electron chi connectivity index (χ3n) is 5.33. The van der Waals surface area contributed by atoms with E-state index in [0.717, 1.165) is 12.2 Å². The molecule has 180 valence electrons. The van der Waals surface area contributed by atoms with Crippen LogP contribution in [0.5, 0.6) is 0 Å². The molecule has 5 nitrogen and oxygen atoms in total. The maximum absolute atomic E-state index is 10.9. The summed E-state index contributed by atoms with van der Waals surface area (Å²) < 4.78 is 5.41. The molecule has 2 unspecified atom stereocenters. The molecule has 0 saturated carbocycles. The van der Waals surface area contributed by atoms with Gasteiger partial charge in [-0.05, 0) is 12.2 Å². The van der Waals surface area contributed by atoms with E-state index in [1.165, 1.54) is 108 Å². The summed E-state index contributed by atoms with van der Waals surface area (Å²) in [6.45, 7) is 1.87. The van der Waals surface area contributed by atoms with Crippen molar-refractivity contribution < 1.29 is 24.9 Å². The van der Waals surface area contributed by atoms with Crippen molar-refractivity contribution in [1.82, 2.24) is 0 Å². The molecule has 0 heterocycles. The first kappa shape index (κ1) is 29.7. The molecule has 0 aliphatic carbocycles. The van der Waals surface area contributed by atoms with Crippen LogP contribution in [0.2, 0.25) is 0 Å². The van der Waals surface area contributed by atoms with E-state index >= 15 is 0 Å². The number of carboxylic acid groups (broad SMARTS) is 1. The van der Waals surface area contributed by atoms with E-state index in [9.17, 15) is 9.90 Å². The highest BCUT2D eigenvalue weighted by molar-refractivity contribution is 7.99. The van der Waals surface area contributed by atoms with Crippen molar-refractivity contribution in [3.63, 3.8) is 0 Å². The molecule has 0 amide bonds. The molecule has 0 spiro atoms. The molecule has 0 aliphatic rings. The van der Waals surface area contributed by atoms with Crippen LogP contribution < -0.4 is 0 Å². The van der Waals surface area contributed by atoms with Gasteiger partial charge in [-0.3, -0.25) is 4.79 Å². The highest BCUT2D eigenvalue weighted by Crippen LogP contribution is 2.20. The van der Waals surface area contributed by atoms with Crippen LogP contribution in [0, 0.1) is 0 Å². The average Bonchev–Trinajstić information content (AvgIpc) is 2.73. The van der Waals surface area contributed by atoms with Crippen LogP contribution in [-0.4, -0.2) is 51.8 Å². The zero-order chi connectivity index (χ0) is 22.3. The minimum Gasteiger partial charge on any atom is -0.481 e. The molecule has 0 fully saturated rings. The van der Waals surface area contributed by atoms with Crippen molar-refractivity contribution in [2.75, 3.05) is 19.0 Å². The molecule has 0 saturated heterocycles. The first-order chi connectivity index (χ1) is 14.6. The summed E-state index contributed by atoms with van der Waals surface area (Å²) in [6.07, 6.45) is 20.4. The van der Waals surface area contributed by atoms with E-state index in [-0.39, 0.29) is 19.6 Å². The molecule has 0 aromatic heterocycles. The Kier molecular flexibility index (Phi) is 23.1. The van der Waals surface area contributed by atoms with Crippen molar-refractivity contribution in [2.45, 2.75) is 128 Å². The first-order valence-electron chi connectivity index (χ1n) is 12.3. The van der Waals surface area contributed by atoms with Crippen molar-refractivity contribution in [2.24, 2.45) is 0 Å². The Morgan fingerprint density at radius 1 is 0.800 bits per heavy atom. The molecule has 2 atom stereocenters. The van der Waals surface area contributed by atoms with E-state index in [4.69, 9.17) is 14.9 Å². The Balaban J connectivity index is 3.39. The lowest BCUT2D eigenvalue weighted by atomic mass is 10.0. The van der Waals surface area contributed by atoms with E-state index in [1.54, 1.807) is 0 Å². The van der Waals surface area contributed by atoms with Gasteiger partial charge in [-0.1, -0.05) is 103 Å². The second-order valence-corrected chi connectivity index (χ2v) is 9.64. The van der Waals surface area contributed by atoms with Crippen molar-refractivity contribution >= 4 is 17.7 Å². The van der Waals surface area contributed by atoms with Gasteiger partial charge in [0.05, 0.1) is 19.6 Å². The van der Waals surface area contributed by atoms with Crippen LogP contribution in [-0.2, 0) is 9.53 Å². The van der Waals surface area contributed by atoms with Crippen molar-refractivity contribution in [3.05, 3.63) is 0 Å². The SMILES string of the molecule is CCCCCCCCCCCCCCCCCCSC(CC(=O)O)OCC(O)CO. The van der Waals surface area contributed by atoms with Gasteiger partial charge in [-0.15, -0.1) is 11.8 Å². The molecule has 0 rings (SSSR count). The maximum Gasteiger partial charge on any atom is 0.306 e. The highest BCUT2D eigenvalue weighted by atomic mass is 32.2. The lowest BCUT2D eigenvalue weighted by molar-refractivity contribution is -0.139. The number of hydrogen-bond acceptors (Lipinski definition) is 5. The Hall–Kier alpha value is -0.300. The van der Waals surface area contributed by atoms with Crippen LogP contribution in [0.15, 0.2) is 0 Å². The quantitative estimate of drug-likeness (QED) is 0.121. The van der Waals surface area contributed by atoms with Crippen LogP contribution >= 0.6 is 11.8 Å². The highest BCUT2D eigenvalue weighted by Gasteiger charge is 2.16. The lowest BCUT2D eigenvalue weighted by Crippen LogP contribution is -2.24. The van der Waals surface area contributed by atoms with E-state index < -0.39 is 17.5 Å². The fraction of sp³-hybridized carbons (Fsp3) is 0.958. The Morgan fingerprint density at radius 3 is 1.63 bits per heavy atom. The van der Waals surface area contributed by atoms with Gasteiger partial charge in [0.1, 0.15) is 11.5 Å². The van der Waals surface area contributed by atoms with Gasteiger partial charge >= 0.3 is 5.97 Å². The van der Waals surface area contributed by atoms with Gasteiger partial charge in [-0.2, -0.15) is 0 Å². The Labute approximate surface area is 189 Å². The normalized spacial score (nSPS) is 13.4. The molecule has 6 heteroatoms. The number of aliphatic hydroxyl groups excluding tert-OH is 2. The minimum absolute atomic E-state index is 0.0274. The molecular weight excluding hydrogens is 400 g/mol. The third-order valence-corrected chi connectivity index (χ3v) is 6.53. The van der Waals surface area contributed by atoms with Crippen LogP contribution in [0.25, 0.3) is 0 Å². The van der Waals surface area contributed by atoms with Crippen LogP contribution in [0.4, 0.5) is 0 Å². The number of aliphatic carboxylic acids is 1. The number of carboxylic acids is 1. The van der Waals surface area contributed by atoms with Gasteiger partial charge in [0.15, 0.2) is 0 Å². The number of unbranched alkanes of at least 4 members (excludes halogenated alkanes) is 15. The smallest absolute Gasteiger partial charge is 0.306 e. The largest absolute Gasteiger partial charge is 0.481 e. The number of carbonyl (C=O) groups is 1. The molecule has 0 aromatic carbocycles. The van der Waals surface area contributed by atoms with Crippen molar-refractivity contribution in [1.29, 1.82) is 0 Å². The minimum atomic E-state index is -0.947. The standard InChI is InChI=1S/C24H48O5S/c1-2-3-4-5-6-7-8-9-10-11-12-13-14-15-16-17-18-30-24(19-23(27)28)29-21-22(26)20-25/h22,24-26H,2-21H2,1H3,(H,27,28). The molecule has 3 N–H and O–H groups in total. The molecule has 30 heavy (non-hydrogen) atoms. The molecule has 0 bridgehead atoms. The van der Waals surface area contributed by atoms with Crippen LogP contribution in [0.3, 0.4) is 0 Å². The number of thioether (sulfide) groups is 1. The van der Waals surface area contributed by atoms with E-state index in [0.29, 0.717) is 0 Å². The molecule has 0 radical (unpaired) electrons. The third kappa shape index (κ3) is 22.4.